The molecular formula is C26H14Cl3NO5. The first-order valence-electron chi connectivity index (χ1n) is 10.6. The van der Waals surface area contributed by atoms with E-state index < -0.39 is 23.3 Å². The number of aromatic nitrogens is 1. The zero-order valence-corrected chi connectivity index (χ0v) is 20.0. The van der Waals surface area contributed by atoms with Gasteiger partial charge in [-0.05, 0) is 36.4 Å². The van der Waals surface area contributed by atoms with E-state index in [1.807, 2.05) is 12.1 Å². The maximum absolute atomic E-state index is 13.8. The van der Waals surface area contributed by atoms with Gasteiger partial charge in [0.1, 0.15) is 17.6 Å². The molecule has 0 spiro atoms. The Morgan fingerprint density at radius 3 is 2.49 bits per heavy atom. The minimum Gasteiger partial charge on any atom is -0.456 e. The summed E-state index contributed by atoms with van der Waals surface area (Å²) in [6.45, 7) is 0. The highest BCUT2D eigenvalue weighted by Gasteiger charge is 2.43. The summed E-state index contributed by atoms with van der Waals surface area (Å²) in [5.41, 5.74) is 1.45. The van der Waals surface area contributed by atoms with Gasteiger partial charge >= 0.3 is 5.76 Å². The highest BCUT2D eigenvalue weighted by atomic mass is 35.5. The normalized spacial score (nSPS) is 17.6. The SMILES string of the molecule is O=c1oc2c(c(=O)n1-c1cccc(Cl)c1)C1C=C(Oc3ccc(Cl)cc3Cl)OC1c1ccccc1-2. The summed E-state index contributed by atoms with van der Waals surface area (Å²) in [5, 5.41) is 1.16. The zero-order chi connectivity index (χ0) is 24.3. The standard InChI is InChI=1S/C26H14Cl3NO5/c27-13-4-3-5-15(10-13)30-25(31)22-18-12-21(33-20-9-8-14(28)11-19(20)29)34-23(18)16-6-1-2-7-17(16)24(22)35-26(30)32/h1-12,18,23H. The van der Waals surface area contributed by atoms with Gasteiger partial charge in [-0.1, -0.05) is 65.1 Å². The molecule has 2 atom stereocenters. The summed E-state index contributed by atoms with van der Waals surface area (Å²) in [5.74, 6) is -0.641. The fourth-order valence-electron chi connectivity index (χ4n) is 4.46. The van der Waals surface area contributed by atoms with Gasteiger partial charge < -0.3 is 13.9 Å². The van der Waals surface area contributed by atoms with Gasteiger partial charge in [-0.3, -0.25) is 4.79 Å². The maximum Gasteiger partial charge on any atom is 0.426 e. The Morgan fingerprint density at radius 2 is 1.69 bits per heavy atom. The zero-order valence-electron chi connectivity index (χ0n) is 17.7. The molecule has 0 fully saturated rings. The fourth-order valence-corrected chi connectivity index (χ4v) is 5.09. The van der Waals surface area contributed by atoms with E-state index in [0.29, 0.717) is 32.1 Å². The molecule has 0 N–H and O–H groups in total. The molecule has 6 nitrogen and oxygen atoms in total. The number of hydrogen-bond donors (Lipinski definition) is 0. The first kappa shape index (κ1) is 22.0. The fraction of sp³-hybridized carbons (Fsp3) is 0.0769. The lowest BCUT2D eigenvalue weighted by Gasteiger charge is -2.27. The van der Waals surface area contributed by atoms with Crippen molar-refractivity contribution in [1.29, 1.82) is 0 Å². The van der Waals surface area contributed by atoms with Crippen molar-refractivity contribution in [1.82, 2.24) is 4.57 Å². The lowest BCUT2D eigenvalue weighted by atomic mass is 9.81. The molecule has 0 amide bonds. The molecule has 0 saturated carbocycles. The summed E-state index contributed by atoms with van der Waals surface area (Å²) < 4.78 is 18.8. The lowest BCUT2D eigenvalue weighted by Crippen LogP contribution is -2.36. The quantitative estimate of drug-likeness (QED) is 0.304. The molecule has 3 aromatic carbocycles. The minimum atomic E-state index is -0.809. The molecule has 1 aliphatic heterocycles. The molecule has 9 heteroatoms. The molecular weight excluding hydrogens is 513 g/mol. The van der Waals surface area contributed by atoms with Crippen LogP contribution in [-0.2, 0) is 4.74 Å². The molecule has 2 heterocycles. The average molecular weight is 527 g/mol. The third-order valence-electron chi connectivity index (χ3n) is 5.95. The van der Waals surface area contributed by atoms with Gasteiger partial charge in [-0.2, -0.15) is 0 Å². The predicted molar refractivity (Wildman–Crippen MR) is 133 cm³/mol. The van der Waals surface area contributed by atoms with E-state index in [-0.39, 0.29) is 17.3 Å². The first-order valence-corrected chi connectivity index (χ1v) is 11.7. The maximum atomic E-state index is 13.8. The van der Waals surface area contributed by atoms with Crippen LogP contribution in [0.3, 0.4) is 0 Å². The number of fused-ring (bicyclic) bond motifs is 6. The Bertz CT molecular complexity index is 1660. The lowest BCUT2D eigenvalue weighted by molar-refractivity contribution is 0.0599. The molecule has 6 rings (SSSR count). The van der Waals surface area contributed by atoms with Crippen molar-refractivity contribution in [3.63, 3.8) is 0 Å². The molecule has 2 unspecified atom stereocenters. The predicted octanol–water partition coefficient (Wildman–Crippen LogP) is 6.51. The van der Waals surface area contributed by atoms with Crippen LogP contribution in [0.2, 0.25) is 15.1 Å². The van der Waals surface area contributed by atoms with Crippen LogP contribution in [0.5, 0.6) is 5.75 Å². The highest BCUT2D eigenvalue weighted by Crippen LogP contribution is 2.51. The van der Waals surface area contributed by atoms with Gasteiger partial charge in [0.2, 0.25) is 0 Å². The topological polar surface area (TPSA) is 70.7 Å². The Hall–Kier alpha value is -3.45. The van der Waals surface area contributed by atoms with Crippen molar-refractivity contribution in [2.45, 2.75) is 12.0 Å². The van der Waals surface area contributed by atoms with E-state index in [4.69, 9.17) is 48.7 Å². The van der Waals surface area contributed by atoms with Crippen molar-refractivity contribution < 1.29 is 13.9 Å². The second-order valence-electron chi connectivity index (χ2n) is 8.05. The summed E-state index contributed by atoms with van der Waals surface area (Å²) >= 11 is 18.3. The van der Waals surface area contributed by atoms with E-state index in [2.05, 4.69) is 0 Å². The molecule has 1 aliphatic carbocycles. The van der Waals surface area contributed by atoms with Gasteiger partial charge in [-0.25, -0.2) is 9.36 Å². The molecule has 0 saturated heterocycles. The van der Waals surface area contributed by atoms with Crippen LogP contribution in [0.15, 0.2) is 92.8 Å². The number of benzene rings is 3. The van der Waals surface area contributed by atoms with Crippen LogP contribution in [0.1, 0.15) is 23.1 Å². The third-order valence-corrected chi connectivity index (χ3v) is 6.72. The molecule has 1 aromatic heterocycles. The van der Waals surface area contributed by atoms with E-state index in [1.54, 1.807) is 54.6 Å². The smallest absolute Gasteiger partial charge is 0.426 e. The van der Waals surface area contributed by atoms with Gasteiger partial charge in [0.25, 0.3) is 11.5 Å². The van der Waals surface area contributed by atoms with Gasteiger partial charge in [-0.15, -0.1) is 0 Å². The van der Waals surface area contributed by atoms with Crippen LogP contribution < -0.4 is 16.1 Å². The molecule has 35 heavy (non-hydrogen) atoms. The first-order chi connectivity index (χ1) is 16.9. The third kappa shape index (κ3) is 3.65. The van der Waals surface area contributed by atoms with Crippen molar-refractivity contribution >= 4 is 34.8 Å². The van der Waals surface area contributed by atoms with Crippen LogP contribution in [0.25, 0.3) is 17.0 Å². The largest absolute Gasteiger partial charge is 0.456 e. The van der Waals surface area contributed by atoms with Crippen LogP contribution >= 0.6 is 34.8 Å². The van der Waals surface area contributed by atoms with Crippen molar-refractivity contribution in [2.75, 3.05) is 0 Å². The molecule has 4 aromatic rings. The Kier molecular flexibility index (Phi) is 5.25. The summed E-state index contributed by atoms with van der Waals surface area (Å²) in [7, 11) is 0. The molecule has 0 bridgehead atoms. The van der Waals surface area contributed by atoms with Gasteiger partial charge in [0, 0.05) is 27.2 Å². The Balaban J connectivity index is 1.53. The summed E-state index contributed by atoms with van der Waals surface area (Å²) in [4.78, 5) is 26.7. The van der Waals surface area contributed by atoms with Crippen molar-refractivity contribution in [3.05, 3.63) is 126 Å². The number of halogens is 3. The van der Waals surface area contributed by atoms with Gasteiger partial charge in [0.15, 0.2) is 0 Å². The minimum absolute atomic E-state index is 0.173. The Morgan fingerprint density at radius 1 is 0.886 bits per heavy atom. The molecule has 0 radical (unpaired) electrons. The van der Waals surface area contributed by atoms with Crippen LogP contribution in [0.4, 0.5) is 0 Å². The monoisotopic (exact) mass is 525 g/mol. The van der Waals surface area contributed by atoms with Crippen LogP contribution in [0, 0.1) is 0 Å². The van der Waals surface area contributed by atoms with E-state index in [9.17, 15) is 9.59 Å². The Labute approximate surface area is 213 Å². The summed E-state index contributed by atoms with van der Waals surface area (Å²) in [6, 6.07) is 18.6. The van der Waals surface area contributed by atoms with Crippen LogP contribution in [-0.4, -0.2) is 4.57 Å². The second kappa shape index (κ2) is 8.34. The number of rotatable bonds is 3. The number of hydrogen-bond acceptors (Lipinski definition) is 5. The summed E-state index contributed by atoms with van der Waals surface area (Å²) in [6.07, 6.45) is 1.13. The van der Waals surface area contributed by atoms with E-state index >= 15 is 0 Å². The number of ether oxygens (including phenoxy) is 2. The van der Waals surface area contributed by atoms with Crippen molar-refractivity contribution in [2.24, 2.45) is 0 Å². The van der Waals surface area contributed by atoms with Gasteiger partial charge in [0.05, 0.1) is 22.2 Å². The highest BCUT2D eigenvalue weighted by molar-refractivity contribution is 6.35. The second-order valence-corrected chi connectivity index (χ2v) is 9.33. The van der Waals surface area contributed by atoms with E-state index in [1.165, 1.54) is 6.07 Å². The molecule has 174 valence electrons. The average Bonchev–Trinajstić information content (AvgIpc) is 3.24. The van der Waals surface area contributed by atoms with E-state index in [0.717, 1.165) is 10.1 Å². The number of nitrogens with zero attached hydrogens (tertiary/aromatic N) is 1. The van der Waals surface area contributed by atoms with Crippen molar-refractivity contribution in [3.8, 4) is 22.8 Å². The molecule has 2 aliphatic rings.